The van der Waals surface area contributed by atoms with E-state index >= 15 is 0 Å². The molecule has 0 aromatic rings. The molecule has 68 valence electrons. The average Bonchev–Trinajstić information content (AvgIpc) is 2.72. The van der Waals surface area contributed by atoms with Crippen molar-refractivity contribution in [2.24, 2.45) is 0 Å². The fraction of sp³-hybridized carbons (Fsp3) is 0.857. The minimum Gasteiger partial charge on any atom is -0.211 e. The highest BCUT2D eigenvalue weighted by Gasteiger charge is 2.31. The standard InChI is InChI=1S/C7H12N2O2S/c1-2-7(5-8)12(10,11)9-6-3-4-6/h6-7,9H,2-4H2,1H3. The van der Waals surface area contributed by atoms with Gasteiger partial charge < -0.3 is 0 Å². The highest BCUT2D eigenvalue weighted by Crippen LogP contribution is 2.21. The number of hydrogen-bond donors (Lipinski definition) is 1. The molecule has 1 saturated carbocycles. The van der Waals surface area contributed by atoms with Gasteiger partial charge in [0.15, 0.2) is 5.25 Å². The summed E-state index contributed by atoms with van der Waals surface area (Å²) in [7, 11) is -3.37. The molecule has 0 amide bonds. The molecule has 1 N–H and O–H groups in total. The van der Waals surface area contributed by atoms with Crippen molar-refractivity contribution < 1.29 is 8.42 Å². The van der Waals surface area contributed by atoms with Gasteiger partial charge in [-0.1, -0.05) is 6.92 Å². The van der Waals surface area contributed by atoms with Gasteiger partial charge in [0, 0.05) is 6.04 Å². The molecule has 0 heterocycles. The zero-order chi connectivity index (χ0) is 9.19. The van der Waals surface area contributed by atoms with Crippen molar-refractivity contribution in [1.82, 2.24) is 4.72 Å². The molecule has 1 rings (SSSR count). The van der Waals surface area contributed by atoms with Gasteiger partial charge in [-0.25, -0.2) is 13.1 Å². The normalized spacial score (nSPS) is 20.0. The molecule has 0 spiro atoms. The Bertz CT molecular complexity index is 287. The summed E-state index contributed by atoms with van der Waals surface area (Å²) in [5, 5.41) is 7.64. The number of sulfonamides is 1. The zero-order valence-electron chi connectivity index (χ0n) is 6.95. The first-order chi connectivity index (χ1) is 5.60. The van der Waals surface area contributed by atoms with Crippen LogP contribution in [0.2, 0.25) is 0 Å². The summed E-state index contributed by atoms with van der Waals surface area (Å²) in [6, 6.07) is 1.87. The van der Waals surface area contributed by atoms with E-state index in [4.69, 9.17) is 5.26 Å². The Kier molecular flexibility index (Phi) is 2.70. The second kappa shape index (κ2) is 3.42. The van der Waals surface area contributed by atoms with Crippen LogP contribution in [0.4, 0.5) is 0 Å². The molecule has 1 aliphatic rings. The molecule has 4 nitrogen and oxygen atoms in total. The van der Waals surface area contributed by atoms with Crippen molar-refractivity contribution in [1.29, 1.82) is 5.26 Å². The quantitative estimate of drug-likeness (QED) is 0.693. The van der Waals surface area contributed by atoms with E-state index in [1.807, 2.05) is 0 Å². The first-order valence-electron chi connectivity index (χ1n) is 4.01. The minimum atomic E-state index is -3.37. The molecule has 0 aromatic heterocycles. The summed E-state index contributed by atoms with van der Waals surface area (Å²) >= 11 is 0. The lowest BCUT2D eigenvalue weighted by Crippen LogP contribution is -2.34. The van der Waals surface area contributed by atoms with Gasteiger partial charge in [-0.2, -0.15) is 5.26 Å². The van der Waals surface area contributed by atoms with E-state index < -0.39 is 15.3 Å². The molecule has 1 fully saturated rings. The van der Waals surface area contributed by atoms with Crippen molar-refractivity contribution in [3.05, 3.63) is 0 Å². The first kappa shape index (κ1) is 9.49. The summed E-state index contributed by atoms with van der Waals surface area (Å²) in [6.45, 7) is 1.69. The maximum absolute atomic E-state index is 11.3. The SMILES string of the molecule is CCC(C#N)S(=O)(=O)NC1CC1. The van der Waals surface area contributed by atoms with Crippen LogP contribution in [0.1, 0.15) is 26.2 Å². The average molecular weight is 188 g/mol. The third kappa shape index (κ3) is 2.19. The Morgan fingerprint density at radius 2 is 2.25 bits per heavy atom. The van der Waals surface area contributed by atoms with E-state index in [2.05, 4.69) is 4.72 Å². The molecule has 1 aliphatic carbocycles. The summed E-state index contributed by atoms with van der Waals surface area (Å²) in [4.78, 5) is 0. The molecule has 0 saturated heterocycles. The van der Waals surface area contributed by atoms with Crippen molar-refractivity contribution in [2.75, 3.05) is 0 Å². The molecule has 0 aliphatic heterocycles. The second-order valence-corrected chi connectivity index (χ2v) is 4.86. The number of hydrogen-bond acceptors (Lipinski definition) is 3. The van der Waals surface area contributed by atoms with E-state index in [1.54, 1.807) is 13.0 Å². The Hall–Kier alpha value is -0.600. The maximum Gasteiger partial charge on any atom is 0.228 e. The Labute approximate surface area is 72.6 Å². The molecule has 12 heavy (non-hydrogen) atoms. The van der Waals surface area contributed by atoms with Gasteiger partial charge >= 0.3 is 0 Å². The van der Waals surface area contributed by atoms with E-state index in [-0.39, 0.29) is 6.04 Å². The number of rotatable bonds is 4. The van der Waals surface area contributed by atoms with Crippen LogP contribution in [0, 0.1) is 11.3 Å². The van der Waals surface area contributed by atoms with Crippen molar-refractivity contribution in [3.8, 4) is 6.07 Å². The van der Waals surface area contributed by atoms with Crippen LogP contribution >= 0.6 is 0 Å². The predicted octanol–water partition coefficient (Wildman–Crippen LogP) is 0.370. The van der Waals surface area contributed by atoms with Gasteiger partial charge in [0.2, 0.25) is 10.0 Å². The van der Waals surface area contributed by atoms with E-state index in [0.717, 1.165) is 12.8 Å². The third-order valence-electron chi connectivity index (χ3n) is 1.80. The number of nitrogens with one attached hydrogen (secondary N) is 1. The molecule has 0 aromatic carbocycles. The van der Waals surface area contributed by atoms with Crippen molar-refractivity contribution in [2.45, 2.75) is 37.5 Å². The zero-order valence-corrected chi connectivity index (χ0v) is 7.76. The summed E-state index contributed by atoms with van der Waals surface area (Å²) < 4.78 is 25.1. The topological polar surface area (TPSA) is 70.0 Å². The Morgan fingerprint density at radius 3 is 2.58 bits per heavy atom. The predicted molar refractivity (Wildman–Crippen MR) is 44.8 cm³/mol. The molecule has 0 radical (unpaired) electrons. The van der Waals surface area contributed by atoms with Crippen LogP contribution in [0.3, 0.4) is 0 Å². The van der Waals surface area contributed by atoms with Gasteiger partial charge in [-0.15, -0.1) is 0 Å². The van der Waals surface area contributed by atoms with Crippen LogP contribution in [0.25, 0.3) is 0 Å². The van der Waals surface area contributed by atoms with E-state index in [9.17, 15) is 8.42 Å². The molecule has 0 bridgehead atoms. The number of nitrogens with zero attached hydrogens (tertiary/aromatic N) is 1. The summed E-state index contributed by atoms with van der Waals surface area (Å²) in [6.07, 6.45) is 2.15. The lowest BCUT2D eigenvalue weighted by molar-refractivity contribution is 0.572. The smallest absolute Gasteiger partial charge is 0.211 e. The van der Waals surface area contributed by atoms with E-state index in [0.29, 0.717) is 6.42 Å². The van der Waals surface area contributed by atoms with Crippen molar-refractivity contribution >= 4 is 10.0 Å². The van der Waals surface area contributed by atoms with Crippen LogP contribution < -0.4 is 4.72 Å². The number of nitriles is 1. The van der Waals surface area contributed by atoms with Gasteiger partial charge in [0.1, 0.15) is 0 Å². The lowest BCUT2D eigenvalue weighted by atomic mass is 10.4. The van der Waals surface area contributed by atoms with Gasteiger partial charge in [-0.3, -0.25) is 0 Å². The van der Waals surface area contributed by atoms with Crippen molar-refractivity contribution in [3.63, 3.8) is 0 Å². The maximum atomic E-state index is 11.3. The molecule has 5 heteroatoms. The van der Waals surface area contributed by atoms with Gasteiger partial charge in [-0.05, 0) is 19.3 Å². The minimum absolute atomic E-state index is 0.0948. The third-order valence-corrected chi connectivity index (χ3v) is 3.65. The van der Waals surface area contributed by atoms with Crippen LogP contribution in [-0.2, 0) is 10.0 Å². The van der Waals surface area contributed by atoms with Crippen LogP contribution in [-0.4, -0.2) is 19.7 Å². The largest absolute Gasteiger partial charge is 0.228 e. The Morgan fingerprint density at radius 1 is 1.67 bits per heavy atom. The fourth-order valence-electron chi connectivity index (χ4n) is 0.896. The Balaban J connectivity index is 2.62. The first-order valence-corrected chi connectivity index (χ1v) is 5.55. The van der Waals surface area contributed by atoms with Gasteiger partial charge in [0.05, 0.1) is 6.07 Å². The summed E-state index contributed by atoms with van der Waals surface area (Å²) in [5.41, 5.74) is 0. The molecular weight excluding hydrogens is 176 g/mol. The highest BCUT2D eigenvalue weighted by atomic mass is 32.2. The molecule has 1 unspecified atom stereocenters. The van der Waals surface area contributed by atoms with Crippen LogP contribution in [0.5, 0.6) is 0 Å². The van der Waals surface area contributed by atoms with E-state index in [1.165, 1.54) is 0 Å². The second-order valence-electron chi connectivity index (χ2n) is 2.96. The lowest BCUT2D eigenvalue weighted by Gasteiger charge is -2.08. The monoisotopic (exact) mass is 188 g/mol. The molecular formula is C7H12N2O2S. The van der Waals surface area contributed by atoms with Crippen LogP contribution in [0.15, 0.2) is 0 Å². The fourth-order valence-corrected chi connectivity index (χ4v) is 2.34. The summed E-state index contributed by atoms with van der Waals surface area (Å²) in [5.74, 6) is 0. The molecule has 1 atom stereocenters. The van der Waals surface area contributed by atoms with Gasteiger partial charge in [0.25, 0.3) is 0 Å². The highest BCUT2D eigenvalue weighted by molar-refractivity contribution is 7.90.